The van der Waals surface area contributed by atoms with Crippen molar-refractivity contribution < 1.29 is 18.9 Å². The average molecular weight is 748 g/mol. The number of rotatable bonds is 6. The van der Waals surface area contributed by atoms with Crippen LogP contribution in [0.15, 0.2) is 128 Å². The Morgan fingerprint density at radius 3 is 1.75 bits per heavy atom. The molecule has 0 amide bonds. The number of aromatic nitrogens is 3. The second-order valence-electron chi connectivity index (χ2n) is 14.4. The largest absolute Gasteiger partial charge is 0.494 e. The van der Waals surface area contributed by atoms with Crippen LogP contribution in [0, 0.1) is 0 Å². The van der Waals surface area contributed by atoms with Gasteiger partial charge < -0.3 is 18.9 Å². The minimum absolute atomic E-state index is 0.498. The first-order chi connectivity index (χ1) is 27.7. The number of ether oxygens (including phenoxy) is 4. The second kappa shape index (κ2) is 20.3. The second-order valence-corrected chi connectivity index (χ2v) is 14.4. The zero-order valence-corrected chi connectivity index (χ0v) is 32.6. The quantitative estimate of drug-likeness (QED) is 0.157. The average Bonchev–Trinajstić information content (AvgIpc) is 3.25. The zero-order valence-electron chi connectivity index (χ0n) is 32.6. The van der Waals surface area contributed by atoms with Crippen molar-refractivity contribution in [3.05, 3.63) is 128 Å². The lowest BCUT2D eigenvalue weighted by Crippen LogP contribution is -2.24. The SMILES string of the molecule is CCCCCCCC1Oc2ccc(cc2)-c2cccc(n2)-c2ccc(cc2)OCCCCCCCCOc2cccnc2-c2cccc(c2)-c2ncccc2O1. The molecule has 0 N–H and O–H groups in total. The van der Waals surface area contributed by atoms with Crippen LogP contribution in [0.4, 0.5) is 0 Å². The molecule has 8 bridgehead atoms. The first kappa shape index (κ1) is 38.6. The molecule has 0 saturated heterocycles. The van der Waals surface area contributed by atoms with Crippen molar-refractivity contribution in [2.75, 3.05) is 13.2 Å². The smallest absolute Gasteiger partial charge is 0.241 e. The van der Waals surface area contributed by atoms with Crippen molar-refractivity contribution in [1.29, 1.82) is 0 Å². The Balaban J connectivity index is 1.16. The van der Waals surface area contributed by atoms with Crippen LogP contribution in [0.3, 0.4) is 0 Å². The highest BCUT2D eigenvalue weighted by Crippen LogP contribution is 2.35. The van der Waals surface area contributed by atoms with E-state index in [2.05, 4.69) is 61.5 Å². The van der Waals surface area contributed by atoms with Gasteiger partial charge in [0.25, 0.3) is 0 Å². The summed E-state index contributed by atoms with van der Waals surface area (Å²) in [7, 11) is 0. The lowest BCUT2D eigenvalue weighted by molar-refractivity contribution is -0.00224. The van der Waals surface area contributed by atoms with Crippen LogP contribution in [0.2, 0.25) is 0 Å². The Morgan fingerprint density at radius 1 is 0.500 bits per heavy atom. The van der Waals surface area contributed by atoms with Crippen LogP contribution in [0.5, 0.6) is 23.0 Å². The molecule has 1 unspecified atom stereocenters. The van der Waals surface area contributed by atoms with Gasteiger partial charge in [-0.1, -0.05) is 82.6 Å². The van der Waals surface area contributed by atoms with Gasteiger partial charge in [0.2, 0.25) is 6.29 Å². The topological polar surface area (TPSA) is 75.6 Å². The molecule has 1 atom stereocenters. The Labute approximate surface area is 332 Å². The van der Waals surface area contributed by atoms with Gasteiger partial charge in [-0.25, -0.2) is 4.98 Å². The molecule has 3 aromatic heterocycles. The number of hydrogen-bond acceptors (Lipinski definition) is 7. The van der Waals surface area contributed by atoms with E-state index in [9.17, 15) is 0 Å². The number of unbranched alkanes of at least 4 members (excludes halogenated alkanes) is 4. The van der Waals surface area contributed by atoms with Crippen molar-refractivity contribution in [3.63, 3.8) is 0 Å². The van der Waals surface area contributed by atoms with Crippen molar-refractivity contribution in [1.82, 2.24) is 15.0 Å². The third-order valence-corrected chi connectivity index (χ3v) is 10.1. The minimum atomic E-state index is -0.498. The summed E-state index contributed by atoms with van der Waals surface area (Å²) >= 11 is 0. The van der Waals surface area contributed by atoms with Gasteiger partial charge in [-0.3, -0.25) is 9.97 Å². The van der Waals surface area contributed by atoms with E-state index in [1.807, 2.05) is 73.1 Å². The Bertz CT molecular complexity index is 2100. The van der Waals surface area contributed by atoms with Gasteiger partial charge in [-0.2, -0.15) is 0 Å². The van der Waals surface area contributed by atoms with Gasteiger partial charge in [0, 0.05) is 41.1 Å². The summed E-state index contributed by atoms with van der Waals surface area (Å²) in [5.74, 6) is 3.09. The summed E-state index contributed by atoms with van der Waals surface area (Å²) in [6, 6.07) is 38.7. The number of pyridine rings is 3. The molecule has 0 saturated carbocycles. The maximum Gasteiger partial charge on any atom is 0.241 e. The van der Waals surface area contributed by atoms with E-state index in [0.717, 1.165) is 107 Å². The molecule has 9 rings (SSSR count). The molecule has 7 heteroatoms. The molecule has 0 radical (unpaired) electrons. The summed E-state index contributed by atoms with van der Waals surface area (Å²) in [5, 5.41) is 0. The van der Waals surface area contributed by atoms with Crippen molar-refractivity contribution >= 4 is 0 Å². The van der Waals surface area contributed by atoms with Gasteiger partial charge in [0.15, 0.2) is 0 Å². The molecule has 3 aliphatic heterocycles. The molecule has 0 fully saturated rings. The maximum atomic E-state index is 6.73. The van der Waals surface area contributed by atoms with Gasteiger partial charge in [-0.15, -0.1) is 0 Å². The fourth-order valence-corrected chi connectivity index (χ4v) is 7.06. The van der Waals surface area contributed by atoms with Gasteiger partial charge in [-0.05, 0) is 110 Å². The standard InChI is InChI=1S/C49H53N3O4/c1-2-3-4-7-10-23-47-55-42-30-26-38(27-31-42)44-20-14-19-43(52-44)37-24-28-41(29-25-37)53-34-11-8-5-6-9-12-35-54-45-21-15-32-50-48(45)39-17-13-18-40(36-39)49-46(56-47)22-16-33-51-49/h13-22,24-33,36,47H,2-12,23,34-35H2,1H3. The number of nitrogens with zero attached hydrogens (tertiary/aromatic N) is 3. The van der Waals surface area contributed by atoms with Crippen molar-refractivity contribution in [2.45, 2.75) is 90.3 Å². The summed E-state index contributed by atoms with van der Waals surface area (Å²) in [6.45, 7) is 3.61. The van der Waals surface area contributed by atoms with E-state index < -0.39 is 6.29 Å². The van der Waals surface area contributed by atoms with Gasteiger partial charge >= 0.3 is 0 Å². The Hall–Kier alpha value is -5.69. The molecular formula is C49H53N3O4. The van der Waals surface area contributed by atoms with Crippen LogP contribution < -0.4 is 18.9 Å². The fraction of sp³-hybridized carbons (Fsp3) is 0.327. The summed E-state index contributed by atoms with van der Waals surface area (Å²) in [4.78, 5) is 14.6. The summed E-state index contributed by atoms with van der Waals surface area (Å²) < 4.78 is 25.7. The molecule has 7 nitrogen and oxygen atoms in total. The first-order valence-corrected chi connectivity index (χ1v) is 20.5. The van der Waals surface area contributed by atoms with E-state index in [1.165, 1.54) is 32.1 Å². The minimum Gasteiger partial charge on any atom is -0.494 e. The predicted molar refractivity (Wildman–Crippen MR) is 225 cm³/mol. The summed E-state index contributed by atoms with van der Waals surface area (Å²) in [6.07, 6.45) is 16.3. The third kappa shape index (κ3) is 10.7. The number of benzene rings is 3. The molecule has 0 spiro atoms. The van der Waals surface area contributed by atoms with Gasteiger partial charge in [0.1, 0.15) is 34.4 Å². The zero-order chi connectivity index (χ0) is 38.2. The van der Waals surface area contributed by atoms with E-state index >= 15 is 0 Å². The van der Waals surface area contributed by atoms with E-state index in [-0.39, 0.29) is 0 Å². The van der Waals surface area contributed by atoms with Crippen LogP contribution in [0.25, 0.3) is 45.0 Å². The highest BCUT2D eigenvalue weighted by molar-refractivity contribution is 5.75. The highest BCUT2D eigenvalue weighted by Gasteiger charge is 2.18. The first-order valence-electron chi connectivity index (χ1n) is 20.5. The molecule has 3 aliphatic rings. The predicted octanol–water partition coefficient (Wildman–Crippen LogP) is 12.8. The maximum absolute atomic E-state index is 6.73. The molecule has 56 heavy (non-hydrogen) atoms. The van der Waals surface area contributed by atoms with E-state index in [1.54, 1.807) is 0 Å². The van der Waals surface area contributed by atoms with Gasteiger partial charge in [0.05, 0.1) is 24.6 Å². The lowest BCUT2D eigenvalue weighted by Gasteiger charge is -2.22. The summed E-state index contributed by atoms with van der Waals surface area (Å²) in [5.41, 5.74) is 7.37. The van der Waals surface area contributed by atoms with Crippen LogP contribution in [-0.4, -0.2) is 34.5 Å². The van der Waals surface area contributed by atoms with E-state index in [0.29, 0.717) is 19.0 Å². The van der Waals surface area contributed by atoms with E-state index in [4.69, 9.17) is 33.9 Å². The molecule has 0 aliphatic carbocycles. The third-order valence-electron chi connectivity index (χ3n) is 10.1. The van der Waals surface area contributed by atoms with Crippen LogP contribution in [0.1, 0.15) is 84.0 Å². The molecule has 6 heterocycles. The Morgan fingerprint density at radius 2 is 1.07 bits per heavy atom. The lowest BCUT2D eigenvalue weighted by atomic mass is 10.0. The molecule has 6 aromatic rings. The fourth-order valence-electron chi connectivity index (χ4n) is 7.06. The monoisotopic (exact) mass is 747 g/mol. The normalized spacial score (nSPS) is 15.1. The van der Waals surface area contributed by atoms with Crippen LogP contribution in [-0.2, 0) is 0 Å². The van der Waals surface area contributed by atoms with Crippen LogP contribution >= 0.6 is 0 Å². The van der Waals surface area contributed by atoms with Crippen molar-refractivity contribution in [3.8, 4) is 68.0 Å². The molecular weight excluding hydrogens is 695 g/mol. The molecule has 3 aromatic carbocycles. The number of hydrogen-bond donors (Lipinski definition) is 0. The van der Waals surface area contributed by atoms with Crippen molar-refractivity contribution in [2.24, 2.45) is 0 Å². The molecule has 288 valence electrons. The number of fused-ring (bicyclic) bond motifs is 2. The Kier molecular flexibility index (Phi) is 14.0. The highest BCUT2D eigenvalue weighted by atomic mass is 16.7.